The summed E-state index contributed by atoms with van der Waals surface area (Å²) in [5, 5.41) is 3.32. The van der Waals surface area contributed by atoms with E-state index in [1.54, 1.807) is 24.3 Å². The first kappa shape index (κ1) is 21.5. The minimum atomic E-state index is -3.78. The Hall–Kier alpha value is -1.76. The molecule has 5 nitrogen and oxygen atoms in total. The first-order chi connectivity index (χ1) is 12.7. The summed E-state index contributed by atoms with van der Waals surface area (Å²) in [5.41, 5.74) is 1.19. The van der Waals surface area contributed by atoms with Crippen LogP contribution in [0.1, 0.15) is 25.8 Å². The van der Waals surface area contributed by atoms with Crippen LogP contribution in [0.3, 0.4) is 0 Å². The Morgan fingerprint density at radius 3 is 2.30 bits per heavy atom. The van der Waals surface area contributed by atoms with Crippen LogP contribution in [0.5, 0.6) is 0 Å². The van der Waals surface area contributed by atoms with Gasteiger partial charge in [-0.25, -0.2) is 8.42 Å². The summed E-state index contributed by atoms with van der Waals surface area (Å²) in [4.78, 5) is 11.9. The lowest BCUT2D eigenvalue weighted by molar-refractivity contribution is -0.120. The molecule has 0 spiro atoms. The molecule has 0 aromatic heterocycles. The number of hydrogen-bond acceptors (Lipinski definition) is 3. The van der Waals surface area contributed by atoms with E-state index < -0.39 is 10.0 Å². The van der Waals surface area contributed by atoms with Gasteiger partial charge in [-0.2, -0.15) is 0 Å². The smallest absolute Gasteiger partial charge is 0.261 e. The first-order valence-electron chi connectivity index (χ1n) is 8.51. The van der Waals surface area contributed by atoms with Gasteiger partial charge in [-0.15, -0.1) is 0 Å². The fourth-order valence-electron chi connectivity index (χ4n) is 2.30. The van der Waals surface area contributed by atoms with Crippen LogP contribution in [0.15, 0.2) is 47.4 Å². The van der Waals surface area contributed by atoms with Crippen LogP contribution in [-0.2, 0) is 21.2 Å². The Morgan fingerprint density at radius 1 is 1.04 bits per heavy atom. The lowest BCUT2D eigenvalue weighted by atomic mass is 10.1. The van der Waals surface area contributed by atoms with Gasteiger partial charge in [-0.1, -0.05) is 49.2 Å². The number of rotatable bonds is 8. The second-order valence-corrected chi connectivity index (χ2v) is 9.08. The monoisotopic (exact) mass is 428 g/mol. The number of halogens is 2. The average molecular weight is 429 g/mol. The van der Waals surface area contributed by atoms with Crippen LogP contribution in [0.2, 0.25) is 10.0 Å². The molecule has 0 heterocycles. The van der Waals surface area contributed by atoms with E-state index in [0.29, 0.717) is 18.2 Å². The summed E-state index contributed by atoms with van der Waals surface area (Å²) in [5.74, 6) is 0.480. The largest absolute Gasteiger partial charge is 0.356 e. The van der Waals surface area contributed by atoms with Gasteiger partial charge in [0.15, 0.2) is 0 Å². The third-order valence-electron chi connectivity index (χ3n) is 3.82. The van der Waals surface area contributed by atoms with Gasteiger partial charge >= 0.3 is 0 Å². The van der Waals surface area contributed by atoms with Crippen molar-refractivity contribution in [2.45, 2.75) is 31.6 Å². The van der Waals surface area contributed by atoms with Crippen molar-refractivity contribution in [3.05, 3.63) is 58.1 Å². The minimum absolute atomic E-state index is 0.0190. The second kappa shape index (κ2) is 9.44. The zero-order valence-electron chi connectivity index (χ0n) is 15.1. The predicted molar refractivity (Wildman–Crippen MR) is 110 cm³/mol. The normalized spacial score (nSPS) is 11.4. The molecule has 2 aromatic carbocycles. The summed E-state index contributed by atoms with van der Waals surface area (Å²) in [6, 6.07) is 10.8. The zero-order valence-corrected chi connectivity index (χ0v) is 17.5. The van der Waals surface area contributed by atoms with E-state index in [9.17, 15) is 13.2 Å². The van der Waals surface area contributed by atoms with Gasteiger partial charge in [0.2, 0.25) is 5.91 Å². The molecule has 1 amide bonds. The molecular weight excluding hydrogens is 407 g/mol. The molecule has 146 valence electrons. The van der Waals surface area contributed by atoms with Gasteiger partial charge in [0.1, 0.15) is 0 Å². The predicted octanol–water partition coefficient (Wildman–Crippen LogP) is 4.50. The Bertz CT molecular complexity index is 898. The molecule has 0 unspecified atom stereocenters. The molecule has 0 radical (unpaired) electrons. The van der Waals surface area contributed by atoms with Gasteiger partial charge in [0.05, 0.1) is 21.4 Å². The van der Waals surface area contributed by atoms with Crippen LogP contribution in [0, 0.1) is 5.92 Å². The summed E-state index contributed by atoms with van der Waals surface area (Å²) in [7, 11) is -3.78. The topological polar surface area (TPSA) is 75.3 Å². The van der Waals surface area contributed by atoms with E-state index in [-0.39, 0.29) is 27.3 Å². The highest BCUT2D eigenvalue weighted by atomic mass is 35.5. The number of nitrogens with one attached hydrogen (secondary N) is 2. The zero-order chi connectivity index (χ0) is 20.0. The van der Waals surface area contributed by atoms with Crippen molar-refractivity contribution in [1.82, 2.24) is 5.32 Å². The summed E-state index contributed by atoms with van der Waals surface area (Å²) in [6.07, 6.45) is 1.18. The number of carbonyl (C=O) groups is 1. The van der Waals surface area contributed by atoms with Crippen molar-refractivity contribution in [1.29, 1.82) is 0 Å². The average Bonchev–Trinajstić information content (AvgIpc) is 2.58. The van der Waals surface area contributed by atoms with Gasteiger partial charge in [-0.3, -0.25) is 9.52 Å². The fourth-order valence-corrected chi connectivity index (χ4v) is 3.74. The third-order valence-corrected chi connectivity index (χ3v) is 5.93. The van der Waals surface area contributed by atoms with Crippen LogP contribution < -0.4 is 10.0 Å². The highest BCUT2D eigenvalue weighted by molar-refractivity contribution is 7.92. The molecule has 27 heavy (non-hydrogen) atoms. The molecule has 0 aliphatic carbocycles. The SMILES string of the molecule is CC(C)CCNC(=O)Cc1ccc(NS(=O)(=O)c2ccc(Cl)c(Cl)c2)cc1. The van der Waals surface area contributed by atoms with E-state index in [1.807, 2.05) is 0 Å². The van der Waals surface area contributed by atoms with Crippen LogP contribution in [-0.4, -0.2) is 20.9 Å². The summed E-state index contributed by atoms with van der Waals surface area (Å²) >= 11 is 11.7. The molecule has 0 fully saturated rings. The number of sulfonamides is 1. The van der Waals surface area contributed by atoms with Crippen LogP contribution in [0.4, 0.5) is 5.69 Å². The van der Waals surface area contributed by atoms with Crippen LogP contribution in [0.25, 0.3) is 0 Å². The lowest BCUT2D eigenvalue weighted by Crippen LogP contribution is -2.26. The molecule has 8 heteroatoms. The van der Waals surface area contributed by atoms with Crippen molar-refractivity contribution in [3.63, 3.8) is 0 Å². The van der Waals surface area contributed by atoms with E-state index in [1.165, 1.54) is 18.2 Å². The van der Waals surface area contributed by atoms with E-state index in [0.717, 1.165) is 12.0 Å². The summed E-state index contributed by atoms with van der Waals surface area (Å²) in [6.45, 7) is 4.85. The fraction of sp³-hybridized carbons (Fsp3) is 0.316. The molecule has 2 N–H and O–H groups in total. The maximum absolute atomic E-state index is 12.4. The van der Waals surface area contributed by atoms with Crippen LogP contribution >= 0.6 is 23.2 Å². The molecule has 0 saturated carbocycles. The Labute approximate surface area is 170 Å². The molecule has 2 aromatic rings. The number of carbonyl (C=O) groups excluding carboxylic acids is 1. The van der Waals surface area contributed by atoms with E-state index in [4.69, 9.17) is 23.2 Å². The van der Waals surface area contributed by atoms with Gasteiger partial charge in [-0.05, 0) is 48.2 Å². The lowest BCUT2D eigenvalue weighted by Gasteiger charge is -2.10. The summed E-state index contributed by atoms with van der Waals surface area (Å²) < 4.78 is 27.3. The van der Waals surface area contributed by atoms with Gasteiger partial charge < -0.3 is 5.32 Å². The molecular formula is C19H22Cl2N2O3S. The maximum atomic E-state index is 12.4. The van der Waals surface area contributed by atoms with Crippen molar-refractivity contribution >= 4 is 44.8 Å². The number of anilines is 1. The Balaban J connectivity index is 1.98. The number of hydrogen-bond donors (Lipinski definition) is 2. The third kappa shape index (κ3) is 6.72. The van der Waals surface area contributed by atoms with E-state index in [2.05, 4.69) is 23.9 Å². The quantitative estimate of drug-likeness (QED) is 0.649. The Morgan fingerprint density at radius 2 is 1.70 bits per heavy atom. The number of amides is 1. The molecule has 2 rings (SSSR count). The molecule has 0 aliphatic heterocycles. The van der Waals surface area contributed by atoms with Crippen molar-refractivity contribution in [3.8, 4) is 0 Å². The standard InChI is InChI=1S/C19H22Cl2N2O3S/c1-13(2)9-10-22-19(24)11-14-3-5-15(6-4-14)23-27(25,26)16-7-8-17(20)18(21)12-16/h3-8,12-13,23H,9-11H2,1-2H3,(H,22,24). The highest BCUT2D eigenvalue weighted by Gasteiger charge is 2.16. The van der Waals surface area contributed by atoms with Gasteiger partial charge in [0, 0.05) is 12.2 Å². The van der Waals surface area contributed by atoms with Crippen molar-refractivity contribution in [2.75, 3.05) is 11.3 Å². The highest BCUT2D eigenvalue weighted by Crippen LogP contribution is 2.26. The number of benzene rings is 2. The molecule has 0 bridgehead atoms. The minimum Gasteiger partial charge on any atom is -0.356 e. The molecule has 0 atom stereocenters. The van der Waals surface area contributed by atoms with Crippen molar-refractivity contribution in [2.24, 2.45) is 5.92 Å². The van der Waals surface area contributed by atoms with E-state index >= 15 is 0 Å². The second-order valence-electron chi connectivity index (χ2n) is 6.59. The molecule has 0 saturated heterocycles. The maximum Gasteiger partial charge on any atom is 0.261 e. The molecule has 0 aliphatic rings. The van der Waals surface area contributed by atoms with Crippen molar-refractivity contribution < 1.29 is 13.2 Å². The Kier molecular flexibility index (Phi) is 7.53. The van der Waals surface area contributed by atoms with Gasteiger partial charge in [0.25, 0.3) is 10.0 Å². The first-order valence-corrected chi connectivity index (χ1v) is 10.7.